The van der Waals surface area contributed by atoms with E-state index in [0.717, 1.165) is 39.3 Å². The van der Waals surface area contributed by atoms with Crippen molar-refractivity contribution in [3.05, 3.63) is 168 Å². The first-order valence-electron chi connectivity index (χ1n) is 13.9. The van der Waals surface area contributed by atoms with Gasteiger partial charge >= 0.3 is 0 Å². The highest BCUT2D eigenvalue weighted by Crippen LogP contribution is 2.32. The van der Waals surface area contributed by atoms with Crippen LogP contribution >= 0.6 is 0 Å². The van der Waals surface area contributed by atoms with Crippen LogP contribution in [0.5, 0.6) is 5.75 Å². The molecule has 0 aliphatic carbocycles. The summed E-state index contributed by atoms with van der Waals surface area (Å²) in [4.78, 5) is 12.8. The second kappa shape index (κ2) is 12.8. The summed E-state index contributed by atoms with van der Waals surface area (Å²) in [6, 6.07) is 45.8. The molecule has 0 bridgehead atoms. The standard InChI is InChI=1S/C37H28FN3O2/c38-32-17-11-28(12-18-32)26-43-34-21-13-27(14-22-34)25-39-40-37(42)31-15-19-33(20-16-31)41-35(29-7-3-1-4-8-29)23-24-36(41)30-9-5-2-6-10-30/h1-25H,26H2,(H,40,42)/b39-25-. The second-order valence-corrected chi connectivity index (χ2v) is 9.90. The minimum absolute atomic E-state index is 0.275. The predicted molar refractivity (Wildman–Crippen MR) is 169 cm³/mol. The van der Waals surface area contributed by atoms with Crippen molar-refractivity contribution in [2.75, 3.05) is 0 Å². The third kappa shape index (κ3) is 6.60. The average molecular weight is 566 g/mol. The number of amides is 1. The fraction of sp³-hybridized carbons (Fsp3) is 0.0270. The summed E-state index contributed by atoms with van der Waals surface area (Å²) in [5, 5.41) is 4.12. The Morgan fingerprint density at radius 1 is 0.698 bits per heavy atom. The lowest BCUT2D eigenvalue weighted by Gasteiger charge is -2.15. The number of benzene rings is 5. The van der Waals surface area contributed by atoms with Crippen molar-refractivity contribution in [2.45, 2.75) is 6.61 Å². The van der Waals surface area contributed by atoms with Crippen LogP contribution in [0.3, 0.4) is 0 Å². The summed E-state index contributed by atoms with van der Waals surface area (Å²) in [6.45, 7) is 0.341. The van der Waals surface area contributed by atoms with Crippen LogP contribution in [0.1, 0.15) is 21.5 Å². The number of nitrogens with one attached hydrogen (secondary N) is 1. The highest BCUT2D eigenvalue weighted by atomic mass is 19.1. The van der Waals surface area contributed by atoms with Gasteiger partial charge < -0.3 is 9.30 Å². The zero-order chi connectivity index (χ0) is 29.4. The molecule has 1 N–H and O–H groups in total. The molecular weight excluding hydrogens is 537 g/mol. The number of aromatic nitrogens is 1. The Hall–Kier alpha value is -5.75. The van der Waals surface area contributed by atoms with Gasteiger partial charge in [0.25, 0.3) is 5.91 Å². The quantitative estimate of drug-likeness (QED) is 0.142. The fourth-order valence-electron chi connectivity index (χ4n) is 4.77. The first kappa shape index (κ1) is 27.4. The number of carbonyl (C=O) groups excluding carboxylic acids is 1. The second-order valence-electron chi connectivity index (χ2n) is 9.90. The summed E-state index contributed by atoms with van der Waals surface area (Å²) in [6.07, 6.45) is 1.58. The van der Waals surface area contributed by atoms with Gasteiger partial charge in [-0.2, -0.15) is 5.10 Å². The summed E-state index contributed by atoms with van der Waals surface area (Å²) < 4.78 is 21.0. The van der Waals surface area contributed by atoms with E-state index in [2.05, 4.69) is 51.5 Å². The maximum atomic E-state index is 13.1. The highest BCUT2D eigenvalue weighted by molar-refractivity contribution is 5.95. The molecule has 0 unspecified atom stereocenters. The molecule has 0 saturated carbocycles. The minimum atomic E-state index is -0.305. The van der Waals surface area contributed by atoms with Crippen LogP contribution in [0, 0.1) is 5.82 Å². The van der Waals surface area contributed by atoms with Crippen LogP contribution in [0.25, 0.3) is 28.2 Å². The molecule has 43 heavy (non-hydrogen) atoms. The number of rotatable bonds is 9. The molecule has 0 radical (unpaired) electrons. The van der Waals surface area contributed by atoms with Crippen LogP contribution < -0.4 is 10.2 Å². The van der Waals surface area contributed by atoms with Gasteiger partial charge in [0.05, 0.1) is 17.6 Å². The van der Waals surface area contributed by atoms with E-state index in [1.807, 2.05) is 72.8 Å². The van der Waals surface area contributed by atoms with Crippen molar-refractivity contribution in [3.8, 4) is 34.0 Å². The van der Waals surface area contributed by atoms with Crippen molar-refractivity contribution in [3.63, 3.8) is 0 Å². The van der Waals surface area contributed by atoms with Gasteiger partial charge in [0, 0.05) is 11.3 Å². The topological polar surface area (TPSA) is 55.6 Å². The Labute approximate surface area is 249 Å². The molecule has 1 aromatic heterocycles. The van der Waals surface area contributed by atoms with Gasteiger partial charge in [0.1, 0.15) is 18.2 Å². The maximum absolute atomic E-state index is 13.1. The third-order valence-corrected chi connectivity index (χ3v) is 6.99. The molecule has 6 aromatic rings. The molecule has 1 amide bonds. The third-order valence-electron chi connectivity index (χ3n) is 6.99. The van der Waals surface area contributed by atoms with Crippen molar-refractivity contribution >= 4 is 12.1 Å². The molecule has 1 heterocycles. The van der Waals surface area contributed by atoms with E-state index in [1.165, 1.54) is 12.1 Å². The molecule has 6 rings (SSSR count). The zero-order valence-electron chi connectivity index (χ0n) is 23.2. The molecule has 0 saturated heterocycles. The Morgan fingerprint density at radius 2 is 1.28 bits per heavy atom. The Kier molecular flexibility index (Phi) is 8.18. The summed E-state index contributed by atoms with van der Waals surface area (Å²) in [5.74, 6) is 0.100. The molecule has 0 aliphatic heterocycles. The Bertz CT molecular complexity index is 1770. The van der Waals surface area contributed by atoms with Crippen LogP contribution in [0.15, 0.2) is 151 Å². The molecule has 0 spiro atoms. The molecular formula is C37H28FN3O2. The van der Waals surface area contributed by atoms with Gasteiger partial charge in [0.2, 0.25) is 0 Å². The van der Waals surface area contributed by atoms with E-state index >= 15 is 0 Å². The number of nitrogens with zero attached hydrogens (tertiary/aromatic N) is 2. The molecule has 0 atom stereocenters. The first-order chi connectivity index (χ1) is 21.1. The normalized spacial score (nSPS) is 11.0. The fourth-order valence-corrected chi connectivity index (χ4v) is 4.77. The molecule has 5 aromatic carbocycles. The van der Waals surface area contributed by atoms with Gasteiger partial charge in [-0.1, -0.05) is 72.8 Å². The SMILES string of the molecule is O=C(N/N=C\c1ccc(OCc2ccc(F)cc2)cc1)c1ccc(-n2c(-c3ccccc3)ccc2-c2ccccc2)cc1. The van der Waals surface area contributed by atoms with Crippen molar-refractivity contribution in [1.29, 1.82) is 0 Å². The maximum Gasteiger partial charge on any atom is 0.271 e. The monoisotopic (exact) mass is 565 g/mol. The summed E-state index contributed by atoms with van der Waals surface area (Å²) in [5.41, 5.74) is 10.1. The lowest BCUT2D eigenvalue weighted by atomic mass is 10.1. The van der Waals surface area contributed by atoms with Crippen molar-refractivity contribution < 1.29 is 13.9 Å². The van der Waals surface area contributed by atoms with E-state index in [4.69, 9.17) is 4.74 Å². The number of hydrogen-bond donors (Lipinski definition) is 1. The van der Waals surface area contributed by atoms with Crippen LogP contribution in [-0.4, -0.2) is 16.7 Å². The Morgan fingerprint density at radius 3 is 1.86 bits per heavy atom. The van der Waals surface area contributed by atoms with Gasteiger partial charge in [-0.05, 0) is 95.1 Å². The van der Waals surface area contributed by atoms with E-state index in [0.29, 0.717) is 17.9 Å². The molecule has 210 valence electrons. The smallest absolute Gasteiger partial charge is 0.271 e. The van der Waals surface area contributed by atoms with E-state index < -0.39 is 0 Å². The van der Waals surface area contributed by atoms with E-state index in [1.54, 1.807) is 30.5 Å². The highest BCUT2D eigenvalue weighted by Gasteiger charge is 2.14. The minimum Gasteiger partial charge on any atom is -0.489 e. The number of ether oxygens (including phenoxy) is 1. The number of hydrogen-bond acceptors (Lipinski definition) is 3. The molecule has 5 nitrogen and oxygen atoms in total. The average Bonchev–Trinajstić information content (AvgIpc) is 3.51. The first-order valence-corrected chi connectivity index (χ1v) is 13.9. The number of hydrazone groups is 1. The van der Waals surface area contributed by atoms with E-state index in [-0.39, 0.29) is 11.7 Å². The number of carbonyl (C=O) groups is 1. The van der Waals surface area contributed by atoms with Crippen molar-refractivity contribution in [2.24, 2.45) is 5.10 Å². The number of halogens is 1. The Balaban J connectivity index is 1.12. The molecule has 0 fully saturated rings. The van der Waals surface area contributed by atoms with Gasteiger partial charge in [-0.15, -0.1) is 0 Å². The largest absolute Gasteiger partial charge is 0.489 e. The summed E-state index contributed by atoms with van der Waals surface area (Å²) in [7, 11) is 0. The van der Waals surface area contributed by atoms with Gasteiger partial charge in [-0.25, -0.2) is 9.82 Å². The summed E-state index contributed by atoms with van der Waals surface area (Å²) >= 11 is 0. The zero-order valence-corrected chi connectivity index (χ0v) is 23.2. The van der Waals surface area contributed by atoms with Crippen LogP contribution in [0.4, 0.5) is 4.39 Å². The lowest BCUT2D eigenvalue weighted by molar-refractivity contribution is 0.0955. The van der Waals surface area contributed by atoms with Gasteiger partial charge in [0.15, 0.2) is 0 Å². The lowest BCUT2D eigenvalue weighted by Crippen LogP contribution is -2.17. The van der Waals surface area contributed by atoms with Crippen LogP contribution in [0.2, 0.25) is 0 Å². The van der Waals surface area contributed by atoms with Gasteiger partial charge in [-0.3, -0.25) is 4.79 Å². The van der Waals surface area contributed by atoms with Crippen molar-refractivity contribution in [1.82, 2.24) is 9.99 Å². The van der Waals surface area contributed by atoms with Crippen LogP contribution in [-0.2, 0) is 6.61 Å². The van der Waals surface area contributed by atoms with E-state index in [9.17, 15) is 9.18 Å². The molecule has 0 aliphatic rings. The molecule has 6 heteroatoms. The predicted octanol–water partition coefficient (Wildman–Crippen LogP) is 8.29.